The average molecular weight is 200 g/mol. The molecule has 0 aromatic heterocycles. The van der Waals surface area contributed by atoms with Crippen LogP contribution in [0.5, 0.6) is 0 Å². The first-order valence-corrected chi connectivity index (χ1v) is 5.66. The van der Waals surface area contributed by atoms with Gasteiger partial charge in [0, 0.05) is 0 Å². The molecule has 0 heterocycles. The van der Waals surface area contributed by atoms with Crippen LogP contribution in [0.15, 0.2) is 30.3 Å². The highest BCUT2D eigenvalue weighted by Crippen LogP contribution is 2.06. The lowest BCUT2D eigenvalue weighted by atomic mass is 10.2. The van der Waals surface area contributed by atoms with Crippen molar-refractivity contribution in [3.63, 3.8) is 0 Å². The summed E-state index contributed by atoms with van der Waals surface area (Å²) in [6.45, 7) is 0. The molecule has 1 aromatic carbocycles. The summed E-state index contributed by atoms with van der Waals surface area (Å²) in [6.07, 6.45) is 0.409. The van der Waals surface area contributed by atoms with Gasteiger partial charge in [0.25, 0.3) is 0 Å². The molecule has 0 fully saturated rings. The van der Waals surface area contributed by atoms with E-state index in [-0.39, 0.29) is 0 Å². The van der Waals surface area contributed by atoms with E-state index >= 15 is 0 Å². The summed E-state index contributed by atoms with van der Waals surface area (Å²) >= 11 is 0. The van der Waals surface area contributed by atoms with Crippen molar-refractivity contribution < 1.29 is 8.42 Å². The van der Waals surface area contributed by atoms with Crippen LogP contribution in [0.4, 0.5) is 0 Å². The molecule has 0 spiro atoms. The summed E-state index contributed by atoms with van der Waals surface area (Å²) in [5.74, 6) is 0. The average Bonchev–Trinajstić information content (AvgIpc) is 2.03. The number of nitrogens with one attached hydrogen (secondary N) is 1. The summed E-state index contributed by atoms with van der Waals surface area (Å²) < 4.78 is 23.9. The normalized spacial score (nSPS) is 14.0. The molecule has 1 unspecified atom stereocenters. The highest BCUT2D eigenvalue weighted by Gasteiger charge is 2.09. The van der Waals surface area contributed by atoms with Crippen LogP contribution in [0.3, 0.4) is 0 Å². The molecule has 0 bridgehead atoms. The smallest absolute Gasteiger partial charge is 0.210 e. The van der Waals surface area contributed by atoms with Gasteiger partial charge >= 0.3 is 0 Å². The number of rotatable bonds is 3. The van der Waals surface area contributed by atoms with Crippen LogP contribution in [-0.2, 0) is 10.0 Å². The molecule has 3 N–H and O–H groups in total. The SMILES string of the molecule is CS(=O)(=O)NC(N)c1ccccc1. The Hall–Kier alpha value is -0.910. The molecule has 5 heteroatoms. The third-order valence-corrected chi connectivity index (χ3v) is 2.18. The topological polar surface area (TPSA) is 72.2 Å². The zero-order valence-corrected chi connectivity index (χ0v) is 8.08. The molecular formula is C8H12N2O2S. The van der Waals surface area contributed by atoms with Gasteiger partial charge in [0.2, 0.25) is 10.0 Å². The summed E-state index contributed by atoms with van der Waals surface area (Å²) in [4.78, 5) is 0. The van der Waals surface area contributed by atoms with Gasteiger partial charge in [-0.3, -0.25) is 0 Å². The lowest BCUT2D eigenvalue weighted by Crippen LogP contribution is -2.33. The van der Waals surface area contributed by atoms with E-state index in [2.05, 4.69) is 4.72 Å². The van der Waals surface area contributed by atoms with Gasteiger partial charge in [0.05, 0.1) is 12.4 Å². The quantitative estimate of drug-likeness (QED) is 0.684. The van der Waals surface area contributed by atoms with Crippen LogP contribution in [0.2, 0.25) is 0 Å². The van der Waals surface area contributed by atoms with E-state index in [1.807, 2.05) is 6.07 Å². The Morgan fingerprint density at radius 3 is 2.31 bits per heavy atom. The minimum Gasteiger partial charge on any atom is -0.311 e. The van der Waals surface area contributed by atoms with Crippen molar-refractivity contribution in [1.82, 2.24) is 4.72 Å². The Morgan fingerprint density at radius 1 is 1.31 bits per heavy atom. The third-order valence-electron chi connectivity index (χ3n) is 1.50. The molecule has 0 aliphatic carbocycles. The molecule has 1 aromatic rings. The highest BCUT2D eigenvalue weighted by atomic mass is 32.2. The van der Waals surface area contributed by atoms with Crippen LogP contribution >= 0.6 is 0 Å². The van der Waals surface area contributed by atoms with Crippen molar-refractivity contribution in [3.8, 4) is 0 Å². The number of nitrogens with two attached hydrogens (primary N) is 1. The molecule has 0 saturated carbocycles. The molecule has 0 aliphatic rings. The van der Waals surface area contributed by atoms with Gasteiger partial charge in [-0.25, -0.2) is 8.42 Å². The zero-order chi connectivity index (χ0) is 9.90. The maximum atomic E-state index is 10.8. The minimum absolute atomic E-state index is 0.670. The predicted octanol–water partition coefficient (Wildman–Crippen LogP) is 0.193. The Balaban J connectivity index is 2.76. The van der Waals surface area contributed by atoms with Gasteiger partial charge in [-0.1, -0.05) is 30.3 Å². The first kappa shape index (κ1) is 10.2. The molecule has 0 radical (unpaired) electrons. The van der Waals surface area contributed by atoms with Crippen molar-refractivity contribution in [2.75, 3.05) is 6.26 Å². The first-order chi connectivity index (χ1) is 5.99. The fraction of sp³-hybridized carbons (Fsp3) is 0.250. The van der Waals surface area contributed by atoms with Crippen molar-refractivity contribution in [1.29, 1.82) is 0 Å². The second-order valence-corrected chi connectivity index (χ2v) is 4.56. The summed E-state index contributed by atoms with van der Waals surface area (Å²) in [5, 5.41) is 0. The monoisotopic (exact) mass is 200 g/mol. The lowest BCUT2D eigenvalue weighted by Gasteiger charge is -2.11. The Kier molecular flexibility index (Phi) is 3.02. The van der Waals surface area contributed by atoms with Crippen LogP contribution in [0.25, 0.3) is 0 Å². The maximum Gasteiger partial charge on any atom is 0.210 e. The van der Waals surface area contributed by atoms with E-state index < -0.39 is 16.2 Å². The van der Waals surface area contributed by atoms with E-state index in [1.54, 1.807) is 24.3 Å². The highest BCUT2D eigenvalue weighted by molar-refractivity contribution is 7.88. The predicted molar refractivity (Wildman–Crippen MR) is 51.3 cm³/mol. The van der Waals surface area contributed by atoms with Crippen LogP contribution < -0.4 is 10.5 Å². The Morgan fingerprint density at radius 2 is 1.85 bits per heavy atom. The first-order valence-electron chi connectivity index (χ1n) is 3.77. The summed E-state index contributed by atoms with van der Waals surface area (Å²) in [7, 11) is -3.25. The molecule has 1 atom stereocenters. The van der Waals surface area contributed by atoms with E-state index in [9.17, 15) is 8.42 Å². The molecule has 0 aliphatic heterocycles. The van der Waals surface area contributed by atoms with E-state index in [0.717, 1.165) is 11.8 Å². The minimum atomic E-state index is -3.25. The van der Waals surface area contributed by atoms with Gasteiger partial charge in [-0.05, 0) is 5.56 Å². The van der Waals surface area contributed by atoms with Crippen molar-refractivity contribution in [2.45, 2.75) is 6.17 Å². The van der Waals surface area contributed by atoms with E-state index in [0.29, 0.717) is 0 Å². The van der Waals surface area contributed by atoms with Gasteiger partial charge in [-0.15, -0.1) is 0 Å². The van der Waals surface area contributed by atoms with Gasteiger partial charge in [0.1, 0.15) is 0 Å². The molecule has 4 nitrogen and oxygen atoms in total. The van der Waals surface area contributed by atoms with Crippen LogP contribution in [0.1, 0.15) is 11.7 Å². The molecular weight excluding hydrogens is 188 g/mol. The fourth-order valence-corrected chi connectivity index (χ4v) is 1.56. The van der Waals surface area contributed by atoms with Gasteiger partial charge in [0.15, 0.2) is 0 Å². The van der Waals surface area contributed by atoms with Gasteiger partial charge in [-0.2, -0.15) is 4.72 Å². The standard InChI is InChI=1S/C8H12N2O2S/c1-13(11,12)10-8(9)7-5-3-2-4-6-7/h2-6,8,10H,9H2,1H3. The number of hydrogen-bond donors (Lipinski definition) is 2. The van der Waals surface area contributed by atoms with Crippen LogP contribution in [-0.4, -0.2) is 14.7 Å². The van der Waals surface area contributed by atoms with Gasteiger partial charge < -0.3 is 5.73 Å². The van der Waals surface area contributed by atoms with Crippen LogP contribution in [0, 0.1) is 0 Å². The van der Waals surface area contributed by atoms with Crippen molar-refractivity contribution >= 4 is 10.0 Å². The summed E-state index contributed by atoms with van der Waals surface area (Å²) in [6, 6.07) is 8.99. The zero-order valence-electron chi connectivity index (χ0n) is 7.27. The van der Waals surface area contributed by atoms with E-state index in [1.165, 1.54) is 0 Å². The largest absolute Gasteiger partial charge is 0.311 e. The molecule has 1 rings (SSSR count). The van der Waals surface area contributed by atoms with Crippen molar-refractivity contribution in [3.05, 3.63) is 35.9 Å². The molecule has 0 amide bonds. The van der Waals surface area contributed by atoms with Crippen molar-refractivity contribution in [2.24, 2.45) is 5.73 Å². The Labute approximate surface area is 77.8 Å². The number of hydrogen-bond acceptors (Lipinski definition) is 3. The maximum absolute atomic E-state index is 10.8. The third kappa shape index (κ3) is 3.54. The fourth-order valence-electron chi connectivity index (χ4n) is 0.959. The second kappa shape index (κ2) is 3.87. The number of benzene rings is 1. The summed E-state index contributed by atoms with van der Waals surface area (Å²) in [5.41, 5.74) is 6.33. The Bertz CT molecular complexity index is 361. The molecule has 13 heavy (non-hydrogen) atoms. The molecule has 72 valence electrons. The lowest BCUT2D eigenvalue weighted by molar-refractivity contribution is 0.568. The second-order valence-electron chi connectivity index (χ2n) is 2.78. The van der Waals surface area contributed by atoms with E-state index in [4.69, 9.17) is 5.73 Å². The molecule has 0 saturated heterocycles. The number of sulfonamides is 1.